The SMILES string of the molecule is C=C=CCCC(N)C(=N)C=C. The standard InChI is InChI=1S/C9H14N2/c1-3-5-6-7-9(11)8(10)4-2/h4-5,9-10H,1-2,6-7,11H2. The molecule has 0 aliphatic carbocycles. The van der Waals surface area contributed by atoms with Crippen LogP contribution in [-0.2, 0) is 0 Å². The minimum absolute atomic E-state index is 0.197. The molecule has 2 nitrogen and oxygen atoms in total. The van der Waals surface area contributed by atoms with E-state index < -0.39 is 0 Å². The maximum atomic E-state index is 7.29. The monoisotopic (exact) mass is 150 g/mol. The van der Waals surface area contributed by atoms with E-state index in [2.05, 4.69) is 18.9 Å². The van der Waals surface area contributed by atoms with Gasteiger partial charge in [-0.3, -0.25) is 0 Å². The number of allylic oxidation sites excluding steroid dienone is 1. The Bertz CT molecular complexity index is 188. The lowest BCUT2D eigenvalue weighted by Crippen LogP contribution is -2.27. The molecule has 0 rings (SSSR count). The Balaban J connectivity index is 3.68. The summed E-state index contributed by atoms with van der Waals surface area (Å²) in [4.78, 5) is 0. The van der Waals surface area contributed by atoms with Crippen molar-refractivity contribution in [2.75, 3.05) is 0 Å². The molecule has 0 saturated carbocycles. The van der Waals surface area contributed by atoms with Gasteiger partial charge >= 0.3 is 0 Å². The Morgan fingerprint density at radius 1 is 1.73 bits per heavy atom. The van der Waals surface area contributed by atoms with Crippen molar-refractivity contribution in [1.82, 2.24) is 0 Å². The molecule has 0 aromatic rings. The molecule has 0 fully saturated rings. The smallest absolute Gasteiger partial charge is 0.0475 e. The van der Waals surface area contributed by atoms with Crippen molar-refractivity contribution in [3.8, 4) is 0 Å². The van der Waals surface area contributed by atoms with Gasteiger partial charge in [0.1, 0.15) is 0 Å². The third-order valence-corrected chi connectivity index (χ3v) is 1.39. The van der Waals surface area contributed by atoms with Gasteiger partial charge in [-0.25, -0.2) is 0 Å². The summed E-state index contributed by atoms with van der Waals surface area (Å²) in [5, 5.41) is 7.29. The fourth-order valence-electron chi connectivity index (χ4n) is 0.672. The summed E-state index contributed by atoms with van der Waals surface area (Å²) in [6.07, 6.45) is 4.87. The summed E-state index contributed by atoms with van der Waals surface area (Å²) in [6, 6.07) is -0.197. The minimum atomic E-state index is -0.197. The van der Waals surface area contributed by atoms with Crippen LogP contribution < -0.4 is 5.73 Å². The van der Waals surface area contributed by atoms with Crippen molar-refractivity contribution >= 4 is 5.71 Å². The molecule has 1 atom stereocenters. The van der Waals surface area contributed by atoms with Gasteiger partial charge < -0.3 is 11.1 Å². The summed E-state index contributed by atoms with van der Waals surface area (Å²) in [6.45, 7) is 6.89. The van der Waals surface area contributed by atoms with Crippen LogP contribution in [0, 0.1) is 5.41 Å². The molecule has 60 valence electrons. The molecule has 1 unspecified atom stereocenters. The van der Waals surface area contributed by atoms with Crippen LogP contribution in [-0.4, -0.2) is 11.8 Å². The highest BCUT2D eigenvalue weighted by Gasteiger charge is 2.03. The fourth-order valence-corrected chi connectivity index (χ4v) is 0.672. The van der Waals surface area contributed by atoms with Gasteiger partial charge in [0.25, 0.3) is 0 Å². The molecule has 0 aliphatic rings. The molecule has 2 heteroatoms. The molecule has 0 saturated heterocycles. The van der Waals surface area contributed by atoms with E-state index >= 15 is 0 Å². The van der Waals surface area contributed by atoms with E-state index in [0.717, 1.165) is 12.8 Å². The van der Waals surface area contributed by atoms with E-state index in [1.54, 1.807) is 0 Å². The van der Waals surface area contributed by atoms with E-state index in [-0.39, 0.29) is 6.04 Å². The number of hydrogen-bond acceptors (Lipinski definition) is 2. The maximum absolute atomic E-state index is 7.29. The van der Waals surface area contributed by atoms with Crippen LogP contribution in [0.2, 0.25) is 0 Å². The molecular weight excluding hydrogens is 136 g/mol. The normalized spacial score (nSPS) is 11.4. The zero-order valence-electron chi connectivity index (χ0n) is 6.64. The molecule has 0 aromatic carbocycles. The molecule has 0 aromatic heterocycles. The van der Waals surface area contributed by atoms with Crippen molar-refractivity contribution in [2.45, 2.75) is 18.9 Å². The molecule has 11 heavy (non-hydrogen) atoms. The number of hydrogen-bond donors (Lipinski definition) is 2. The molecule has 0 bridgehead atoms. The Kier molecular flexibility index (Phi) is 5.09. The minimum Gasteiger partial charge on any atom is -0.323 e. The molecular formula is C9H14N2. The topological polar surface area (TPSA) is 49.9 Å². The highest BCUT2D eigenvalue weighted by molar-refractivity contribution is 5.96. The predicted molar refractivity (Wildman–Crippen MR) is 48.8 cm³/mol. The highest BCUT2D eigenvalue weighted by atomic mass is 14.7. The summed E-state index contributed by atoms with van der Waals surface area (Å²) < 4.78 is 0. The van der Waals surface area contributed by atoms with Crippen LogP contribution in [0.25, 0.3) is 0 Å². The number of nitrogens with two attached hydrogens (primary N) is 1. The van der Waals surface area contributed by atoms with Gasteiger partial charge in [-0.2, -0.15) is 0 Å². The van der Waals surface area contributed by atoms with Crippen molar-refractivity contribution in [2.24, 2.45) is 5.73 Å². The molecule has 0 spiro atoms. The molecule has 0 heterocycles. The summed E-state index contributed by atoms with van der Waals surface area (Å²) in [7, 11) is 0. The largest absolute Gasteiger partial charge is 0.323 e. The molecule has 0 radical (unpaired) electrons. The summed E-state index contributed by atoms with van der Waals surface area (Å²) >= 11 is 0. The summed E-state index contributed by atoms with van der Waals surface area (Å²) in [5.41, 5.74) is 8.65. The van der Waals surface area contributed by atoms with Crippen LogP contribution >= 0.6 is 0 Å². The zero-order chi connectivity index (χ0) is 8.69. The second kappa shape index (κ2) is 5.66. The average molecular weight is 150 g/mol. The number of rotatable bonds is 5. The van der Waals surface area contributed by atoms with Crippen LogP contribution in [0.5, 0.6) is 0 Å². The van der Waals surface area contributed by atoms with Crippen LogP contribution in [0.3, 0.4) is 0 Å². The predicted octanol–water partition coefficient (Wildman–Crippen LogP) is 1.64. The van der Waals surface area contributed by atoms with E-state index in [4.69, 9.17) is 11.1 Å². The lowest BCUT2D eigenvalue weighted by molar-refractivity contribution is 0.764. The van der Waals surface area contributed by atoms with Crippen LogP contribution in [0.15, 0.2) is 31.0 Å². The summed E-state index contributed by atoms with van der Waals surface area (Å²) in [5.74, 6) is 0. The first kappa shape index (κ1) is 9.89. The Morgan fingerprint density at radius 2 is 2.36 bits per heavy atom. The first-order chi connectivity index (χ1) is 5.22. The van der Waals surface area contributed by atoms with Gasteiger partial charge in [0.2, 0.25) is 0 Å². The van der Waals surface area contributed by atoms with Crippen LogP contribution in [0.1, 0.15) is 12.8 Å². The Labute approximate surface area is 67.6 Å². The first-order valence-corrected chi connectivity index (χ1v) is 3.53. The van der Waals surface area contributed by atoms with Crippen molar-refractivity contribution < 1.29 is 0 Å². The Morgan fingerprint density at radius 3 is 2.82 bits per heavy atom. The van der Waals surface area contributed by atoms with E-state index in [1.807, 2.05) is 6.08 Å². The van der Waals surface area contributed by atoms with E-state index in [9.17, 15) is 0 Å². The van der Waals surface area contributed by atoms with Gasteiger partial charge in [-0.05, 0) is 25.0 Å². The quantitative estimate of drug-likeness (QED) is 0.454. The highest BCUT2D eigenvalue weighted by Crippen LogP contribution is 1.96. The number of nitrogens with one attached hydrogen (secondary N) is 1. The van der Waals surface area contributed by atoms with Gasteiger partial charge in [-0.15, -0.1) is 5.73 Å². The van der Waals surface area contributed by atoms with Gasteiger partial charge in [0.05, 0.1) is 0 Å². The average Bonchev–Trinajstić information content (AvgIpc) is 2.03. The molecule has 0 aliphatic heterocycles. The maximum Gasteiger partial charge on any atom is 0.0475 e. The van der Waals surface area contributed by atoms with Crippen molar-refractivity contribution in [1.29, 1.82) is 5.41 Å². The third-order valence-electron chi connectivity index (χ3n) is 1.39. The Hall–Kier alpha value is -1.11. The third kappa shape index (κ3) is 4.31. The lowest BCUT2D eigenvalue weighted by atomic mass is 10.1. The van der Waals surface area contributed by atoms with Crippen molar-refractivity contribution in [3.05, 3.63) is 31.0 Å². The van der Waals surface area contributed by atoms with E-state index in [1.165, 1.54) is 6.08 Å². The molecule has 3 N–H and O–H groups in total. The van der Waals surface area contributed by atoms with Crippen LogP contribution in [0.4, 0.5) is 0 Å². The lowest BCUT2D eigenvalue weighted by Gasteiger charge is -2.06. The second-order valence-electron chi connectivity index (χ2n) is 2.25. The van der Waals surface area contributed by atoms with Crippen molar-refractivity contribution in [3.63, 3.8) is 0 Å². The second-order valence-corrected chi connectivity index (χ2v) is 2.25. The van der Waals surface area contributed by atoms with E-state index in [0.29, 0.717) is 5.71 Å². The van der Waals surface area contributed by atoms with Gasteiger partial charge in [0, 0.05) is 11.8 Å². The van der Waals surface area contributed by atoms with Gasteiger partial charge in [0.15, 0.2) is 0 Å². The fraction of sp³-hybridized carbons (Fsp3) is 0.333. The first-order valence-electron chi connectivity index (χ1n) is 3.53. The molecule has 0 amide bonds. The van der Waals surface area contributed by atoms with Gasteiger partial charge in [-0.1, -0.05) is 13.2 Å². The zero-order valence-corrected chi connectivity index (χ0v) is 6.64.